The molecule has 4 nitrogen and oxygen atoms in total. The quantitative estimate of drug-likeness (QED) is 0.439. The standard InChI is InChI=1S/C20H36O4/c1-15(2)11-7-5-6-10-14-20(3,4)24-19(23)17-13-9-8-12-16(17)18(21)22/h15-17H,5-14H2,1-4H3,(H,21,22). The van der Waals surface area contributed by atoms with Crippen LogP contribution in [0.1, 0.15) is 91.9 Å². The van der Waals surface area contributed by atoms with Crippen molar-refractivity contribution < 1.29 is 19.4 Å². The number of carbonyl (C=O) groups is 2. The van der Waals surface area contributed by atoms with E-state index in [1.807, 2.05) is 13.8 Å². The van der Waals surface area contributed by atoms with E-state index in [9.17, 15) is 14.7 Å². The molecule has 0 aromatic rings. The van der Waals surface area contributed by atoms with Crippen LogP contribution in [0.15, 0.2) is 0 Å². The van der Waals surface area contributed by atoms with Crippen molar-refractivity contribution in [3.8, 4) is 0 Å². The van der Waals surface area contributed by atoms with Crippen molar-refractivity contribution in [2.24, 2.45) is 17.8 Å². The summed E-state index contributed by atoms with van der Waals surface area (Å²) in [6, 6.07) is 0. The maximum Gasteiger partial charge on any atom is 0.310 e. The van der Waals surface area contributed by atoms with Gasteiger partial charge >= 0.3 is 11.9 Å². The number of hydrogen-bond acceptors (Lipinski definition) is 3. The highest BCUT2D eigenvalue weighted by Gasteiger charge is 2.38. The Morgan fingerprint density at radius 2 is 1.62 bits per heavy atom. The Kier molecular flexibility index (Phi) is 8.79. The molecule has 0 aliphatic heterocycles. The predicted octanol–water partition coefficient (Wildman–Crippen LogP) is 5.20. The lowest BCUT2D eigenvalue weighted by Crippen LogP contribution is -2.38. The number of aliphatic carboxylic acids is 1. The normalized spacial score (nSPS) is 21.7. The Hall–Kier alpha value is -1.06. The van der Waals surface area contributed by atoms with Crippen LogP contribution in [0.2, 0.25) is 0 Å². The second-order valence-corrected chi connectivity index (χ2v) is 8.36. The molecule has 0 bridgehead atoms. The number of ether oxygens (including phenoxy) is 1. The number of hydrogen-bond donors (Lipinski definition) is 1. The molecule has 1 fully saturated rings. The monoisotopic (exact) mass is 340 g/mol. The summed E-state index contributed by atoms with van der Waals surface area (Å²) in [6.45, 7) is 8.38. The fourth-order valence-electron chi connectivity index (χ4n) is 3.56. The largest absolute Gasteiger partial charge is 0.481 e. The topological polar surface area (TPSA) is 63.6 Å². The van der Waals surface area contributed by atoms with E-state index in [4.69, 9.17) is 4.74 Å². The lowest BCUT2D eigenvalue weighted by Gasteiger charge is -2.32. The Morgan fingerprint density at radius 1 is 1.04 bits per heavy atom. The van der Waals surface area contributed by atoms with Crippen molar-refractivity contribution >= 4 is 11.9 Å². The van der Waals surface area contributed by atoms with Crippen molar-refractivity contribution in [1.82, 2.24) is 0 Å². The summed E-state index contributed by atoms with van der Waals surface area (Å²) >= 11 is 0. The first kappa shape index (κ1) is 21.0. The summed E-state index contributed by atoms with van der Waals surface area (Å²) in [4.78, 5) is 23.8. The highest BCUT2D eigenvalue weighted by Crippen LogP contribution is 2.33. The zero-order valence-corrected chi connectivity index (χ0v) is 16.0. The third kappa shape index (κ3) is 7.67. The number of rotatable bonds is 10. The molecule has 2 atom stereocenters. The SMILES string of the molecule is CC(C)CCCCCCC(C)(C)OC(=O)C1CCCCC1C(=O)O. The molecule has 2 unspecified atom stereocenters. The van der Waals surface area contributed by atoms with E-state index in [1.54, 1.807) is 0 Å². The Morgan fingerprint density at radius 3 is 2.21 bits per heavy atom. The van der Waals surface area contributed by atoms with E-state index < -0.39 is 23.4 Å². The van der Waals surface area contributed by atoms with Crippen LogP contribution in [0, 0.1) is 17.8 Å². The van der Waals surface area contributed by atoms with Gasteiger partial charge in [-0.2, -0.15) is 0 Å². The van der Waals surface area contributed by atoms with E-state index in [-0.39, 0.29) is 5.97 Å². The van der Waals surface area contributed by atoms with Crippen molar-refractivity contribution in [3.05, 3.63) is 0 Å². The molecular formula is C20H36O4. The van der Waals surface area contributed by atoms with E-state index >= 15 is 0 Å². The average Bonchev–Trinajstić information content (AvgIpc) is 2.49. The molecule has 0 radical (unpaired) electrons. The van der Waals surface area contributed by atoms with E-state index in [1.165, 1.54) is 19.3 Å². The second-order valence-electron chi connectivity index (χ2n) is 8.36. The van der Waals surface area contributed by atoms with Crippen LogP contribution >= 0.6 is 0 Å². The van der Waals surface area contributed by atoms with Crippen LogP contribution in [0.4, 0.5) is 0 Å². The first-order valence-corrected chi connectivity index (χ1v) is 9.68. The van der Waals surface area contributed by atoms with Gasteiger partial charge in [-0.15, -0.1) is 0 Å². The molecule has 1 rings (SSSR count). The number of unbranched alkanes of at least 4 members (excludes halogenated alkanes) is 3. The van der Waals surface area contributed by atoms with Gasteiger partial charge in [-0.3, -0.25) is 9.59 Å². The van der Waals surface area contributed by atoms with Gasteiger partial charge in [-0.1, -0.05) is 52.4 Å². The molecule has 0 aromatic carbocycles. The zero-order chi connectivity index (χ0) is 18.2. The van der Waals surface area contributed by atoms with Gasteiger partial charge in [0.15, 0.2) is 0 Å². The predicted molar refractivity (Wildman–Crippen MR) is 95.8 cm³/mol. The van der Waals surface area contributed by atoms with Gasteiger partial charge in [0.2, 0.25) is 0 Å². The molecule has 140 valence electrons. The summed E-state index contributed by atoms with van der Waals surface area (Å²) in [6.07, 6.45) is 9.85. The lowest BCUT2D eigenvalue weighted by molar-refractivity contribution is -0.170. The summed E-state index contributed by atoms with van der Waals surface area (Å²) in [7, 11) is 0. The highest BCUT2D eigenvalue weighted by molar-refractivity contribution is 5.81. The van der Waals surface area contributed by atoms with Crippen LogP contribution in [-0.4, -0.2) is 22.6 Å². The molecule has 1 aliphatic carbocycles. The summed E-state index contributed by atoms with van der Waals surface area (Å²) in [5, 5.41) is 9.31. The molecule has 0 aromatic heterocycles. The fourth-order valence-corrected chi connectivity index (χ4v) is 3.56. The molecule has 1 saturated carbocycles. The summed E-state index contributed by atoms with van der Waals surface area (Å²) in [5.41, 5.74) is -0.504. The van der Waals surface area contributed by atoms with Crippen LogP contribution in [0.25, 0.3) is 0 Å². The maximum absolute atomic E-state index is 12.5. The number of carboxylic acids is 1. The molecule has 1 aliphatic rings. The van der Waals surface area contributed by atoms with Crippen LogP contribution < -0.4 is 0 Å². The molecular weight excluding hydrogens is 304 g/mol. The fraction of sp³-hybridized carbons (Fsp3) is 0.900. The van der Waals surface area contributed by atoms with E-state index in [2.05, 4.69) is 13.8 Å². The molecule has 0 saturated heterocycles. The lowest BCUT2D eigenvalue weighted by atomic mass is 9.79. The van der Waals surface area contributed by atoms with Gasteiger partial charge < -0.3 is 9.84 Å². The molecule has 0 heterocycles. The highest BCUT2D eigenvalue weighted by atomic mass is 16.6. The van der Waals surface area contributed by atoms with Crippen LogP contribution in [-0.2, 0) is 14.3 Å². The average molecular weight is 341 g/mol. The minimum atomic E-state index is -0.861. The number of carboxylic acid groups (broad SMARTS) is 1. The molecule has 1 N–H and O–H groups in total. The molecule has 24 heavy (non-hydrogen) atoms. The van der Waals surface area contributed by atoms with Gasteiger partial charge in [0.25, 0.3) is 0 Å². The number of carbonyl (C=O) groups excluding carboxylic acids is 1. The molecule has 4 heteroatoms. The van der Waals surface area contributed by atoms with Crippen molar-refractivity contribution in [3.63, 3.8) is 0 Å². The minimum absolute atomic E-state index is 0.313. The van der Waals surface area contributed by atoms with Crippen LogP contribution in [0.3, 0.4) is 0 Å². The van der Waals surface area contributed by atoms with Crippen molar-refractivity contribution in [2.45, 2.75) is 97.5 Å². The minimum Gasteiger partial charge on any atom is -0.481 e. The number of esters is 1. The third-order valence-electron chi connectivity index (χ3n) is 5.07. The van der Waals surface area contributed by atoms with Gasteiger partial charge in [0.1, 0.15) is 5.60 Å². The first-order chi connectivity index (χ1) is 11.2. The van der Waals surface area contributed by atoms with Gasteiger partial charge in [0, 0.05) is 0 Å². The summed E-state index contributed by atoms with van der Waals surface area (Å²) < 4.78 is 5.70. The van der Waals surface area contributed by atoms with Crippen molar-refractivity contribution in [2.75, 3.05) is 0 Å². The Bertz CT molecular complexity index is 400. The van der Waals surface area contributed by atoms with E-state index in [0.29, 0.717) is 12.8 Å². The Labute approximate surface area is 147 Å². The second kappa shape index (κ2) is 10.0. The zero-order valence-electron chi connectivity index (χ0n) is 16.0. The van der Waals surface area contributed by atoms with Gasteiger partial charge in [-0.05, 0) is 45.4 Å². The summed E-state index contributed by atoms with van der Waals surface area (Å²) in [5.74, 6) is -1.45. The van der Waals surface area contributed by atoms with Gasteiger partial charge in [0.05, 0.1) is 11.8 Å². The van der Waals surface area contributed by atoms with Crippen LogP contribution in [0.5, 0.6) is 0 Å². The molecule has 0 spiro atoms. The smallest absolute Gasteiger partial charge is 0.310 e. The van der Waals surface area contributed by atoms with Gasteiger partial charge in [-0.25, -0.2) is 0 Å². The Balaban J connectivity index is 2.36. The molecule has 0 amide bonds. The first-order valence-electron chi connectivity index (χ1n) is 9.68. The maximum atomic E-state index is 12.5. The van der Waals surface area contributed by atoms with Crippen molar-refractivity contribution in [1.29, 1.82) is 0 Å². The van der Waals surface area contributed by atoms with E-state index in [0.717, 1.165) is 38.0 Å². The third-order valence-corrected chi connectivity index (χ3v) is 5.07.